The molecule has 0 fully saturated rings. The molecule has 0 aliphatic heterocycles. The number of hydrogen-bond donors (Lipinski definition) is 1. The monoisotopic (exact) mass is 282 g/mol. The van der Waals surface area contributed by atoms with Crippen molar-refractivity contribution in [3.8, 4) is 0 Å². The Morgan fingerprint density at radius 1 is 1.20 bits per heavy atom. The lowest BCUT2D eigenvalue weighted by Crippen LogP contribution is -1.92. The lowest BCUT2D eigenvalue weighted by molar-refractivity contribution is 1.31. The van der Waals surface area contributed by atoms with Crippen molar-refractivity contribution in [1.29, 1.82) is 0 Å². The van der Waals surface area contributed by atoms with E-state index in [9.17, 15) is 0 Å². The van der Waals surface area contributed by atoms with Crippen molar-refractivity contribution in [3.63, 3.8) is 0 Å². The molecule has 0 bridgehead atoms. The molecule has 1 N–H and O–H groups in total. The Morgan fingerprint density at radius 3 is 2.73 bits per heavy atom. The number of halogens is 2. The van der Waals surface area contributed by atoms with Crippen molar-refractivity contribution in [2.24, 2.45) is 0 Å². The minimum absolute atomic E-state index is 0.683. The Hall–Kier alpha value is -1.06. The quantitative estimate of drug-likeness (QED) is 0.891. The molecule has 1 aromatic carbocycles. The van der Waals surface area contributed by atoms with Crippen LogP contribution in [0, 0.1) is 0 Å². The highest BCUT2D eigenvalue weighted by Gasteiger charge is 1.98. The van der Waals surface area contributed by atoms with Crippen LogP contribution in [0.2, 0.25) is 5.02 Å². The molecule has 2 aromatic rings. The molecule has 15 heavy (non-hydrogen) atoms. The molecule has 0 aliphatic carbocycles. The first kappa shape index (κ1) is 10.5. The summed E-state index contributed by atoms with van der Waals surface area (Å²) in [4.78, 5) is 4.16. The number of hydrogen-bond acceptors (Lipinski definition) is 2. The van der Waals surface area contributed by atoms with Crippen LogP contribution < -0.4 is 5.32 Å². The SMILES string of the molecule is Clc1cc(Br)cc(Nc2ccccn2)c1. The zero-order valence-corrected chi connectivity index (χ0v) is 10.1. The second kappa shape index (κ2) is 4.64. The van der Waals surface area contributed by atoms with Gasteiger partial charge in [-0.3, -0.25) is 0 Å². The van der Waals surface area contributed by atoms with Gasteiger partial charge in [0.1, 0.15) is 5.82 Å². The zero-order chi connectivity index (χ0) is 10.7. The second-order valence-electron chi connectivity index (χ2n) is 3.00. The fourth-order valence-electron chi connectivity index (χ4n) is 1.21. The maximum absolute atomic E-state index is 5.93. The number of pyridine rings is 1. The van der Waals surface area contributed by atoms with Gasteiger partial charge in [-0.15, -0.1) is 0 Å². The molecule has 0 radical (unpaired) electrons. The van der Waals surface area contributed by atoms with Gasteiger partial charge in [0.25, 0.3) is 0 Å². The number of anilines is 2. The normalized spacial score (nSPS) is 10.0. The molecular formula is C11H8BrClN2. The van der Waals surface area contributed by atoms with Gasteiger partial charge in [-0.25, -0.2) is 4.98 Å². The van der Waals surface area contributed by atoms with Gasteiger partial charge in [-0.05, 0) is 30.3 Å². The third-order valence-electron chi connectivity index (χ3n) is 1.80. The molecule has 2 nitrogen and oxygen atoms in total. The van der Waals surface area contributed by atoms with Crippen LogP contribution in [0.25, 0.3) is 0 Å². The fraction of sp³-hybridized carbons (Fsp3) is 0. The summed E-state index contributed by atoms with van der Waals surface area (Å²) in [5.41, 5.74) is 0.910. The number of rotatable bonds is 2. The molecule has 76 valence electrons. The van der Waals surface area contributed by atoms with Crippen LogP contribution in [-0.4, -0.2) is 4.98 Å². The van der Waals surface area contributed by atoms with E-state index in [2.05, 4.69) is 26.2 Å². The molecule has 2 rings (SSSR count). The average molecular weight is 284 g/mol. The zero-order valence-electron chi connectivity index (χ0n) is 7.74. The van der Waals surface area contributed by atoms with Crippen LogP contribution >= 0.6 is 27.5 Å². The smallest absolute Gasteiger partial charge is 0.130 e. The molecule has 0 unspecified atom stereocenters. The summed E-state index contributed by atoms with van der Waals surface area (Å²) in [6.45, 7) is 0. The average Bonchev–Trinajstić information content (AvgIpc) is 2.17. The summed E-state index contributed by atoms with van der Waals surface area (Å²) in [5, 5.41) is 3.84. The first-order valence-corrected chi connectivity index (χ1v) is 5.55. The first-order valence-electron chi connectivity index (χ1n) is 4.38. The van der Waals surface area contributed by atoms with E-state index in [0.29, 0.717) is 5.02 Å². The Kier molecular flexibility index (Phi) is 3.23. The Bertz CT molecular complexity index is 439. The van der Waals surface area contributed by atoms with E-state index in [4.69, 9.17) is 11.6 Å². The molecule has 0 saturated heterocycles. The molecule has 0 spiro atoms. The Morgan fingerprint density at radius 2 is 2.07 bits per heavy atom. The number of benzene rings is 1. The number of nitrogens with one attached hydrogen (secondary N) is 1. The second-order valence-corrected chi connectivity index (χ2v) is 4.35. The Labute approximate surface area is 101 Å². The highest BCUT2D eigenvalue weighted by molar-refractivity contribution is 9.10. The van der Waals surface area contributed by atoms with Crippen molar-refractivity contribution in [3.05, 3.63) is 52.1 Å². The number of nitrogens with zero attached hydrogens (tertiary/aromatic N) is 1. The van der Waals surface area contributed by atoms with E-state index in [1.807, 2.05) is 36.4 Å². The summed E-state index contributed by atoms with van der Waals surface area (Å²) in [6.07, 6.45) is 1.74. The highest BCUT2D eigenvalue weighted by atomic mass is 79.9. The van der Waals surface area contributed by atoms with Gasteiger partial charge >= 0.3 is 0 Å². The topological polar surface area (TPSA) is 24.9 Å². The van der Waals surface area contributed by atoms with Gasteiger partial charge in [0.15, 0.2) is 0 Å². The molecule has 0 atom stereocenters. The van der Waals surface area contributed by atoms with Crippen molar-refractivity contribution in [1.82, 2.24) is 4.98 Å². The largest absolute Gasteiger partial charge is 0.340 e. The maximum Gasteiger partial charge on any atom is 0.130 e. The summed E-state index contributed by atoms with van der Waals surface area (Å²) in [6, 6.07) is 11.3. The molecular weight excluding hydrogens is 275 g/mol. The van der Waals surface area contributed by atoms with Crippen molar-refractivity contribution in [2.45, 2.75) is 0 Å². The van der Waals surface area contributed by atoms with Crippen molar-refractivity contribution < 1.29 is 0 Å². The van der Waals surface area contributed by atoms with E-state index >= 15 is 0 Å². The minimum Gasteiger partial charge on any atom is -0.340 e. The van der Waals surface area contributed by atoms with Gasteiger partial charge in [0.2, 0.25) is 0 Å². The summed E-state index contributed by atoms with van der Waals surface area (Å²) >= 11 is 9.31. The molecule has 1 aromatic heterocycles. The van der Waals surface area contributed by atoms with Crippen molar-refractivity contribution in [2.75, 3.05) is 5.32 Å². The molecule has 0 amide bonds. The lowest BCUT2D eigenvalue weighted by atomic mass is 10.3. The maximum atomic E-state index is 5.93. The Balaban J connectivity index is 2.25. The standard InChI is InChI=1S/C11H8BrClN2/c12-8-5-9(13)7-10(6-8)15-11-3-1-2-4-14-11/h1-7H,(H,14,15). The molecule has 4 heteroatoms. The molecule has 1 heterocycles. The van der Waals surface area contributed by atoms with Crippen LogP contribution in [0.4, 0.5) is 11.5 Å². The van der Waals surface area contributed by atoms with Crippen LogP contribution in [0.15, 0.2) is 47.1 Å². The summed E-state index contributed by atoms with van der Waals surface area (Å²) in [5.74, 6) is 0.798. The van der Waals surface area contributed by atoms with Gasteiger partial charge in [-0.1, -0.05) is 33.6 Å². The van der Waals surface area contributed by atoms with E-state index in [-0.39, 0.29) is 0 Å². The predicted molar refractivity (Wildman–Crippen MR) is 66.7 cm³/mol. The van der Waals surface area contributed by atoms with Gasteiger partial charge in [0.05, 0.1) is 0 Å². The number of aromatic nitrogens is 1. The van der Waals surface area contributed by atoms with Gasteiger partial charge in [0, 0.05) is 21.4 Å². The van der Waals surface area contributed by atoms with E-state index < -0.39 is 0 Å². The highest BCUT2D eigenvalue weighted by Crippen LogP contribution is 2.24. The first-order chi connectivity index (χ1) is 7.24. The van der Waals surface area contributed by atoms with Crippen LogP contribution in [0.3, 0.4) is 0 Å². The van der Waals surface area contributed by atoms with Crippen molar-refractivity contribution >= 4 is 39.0 Å². The van der Waals surface area contributed by atoms with Crippen LogP contribution in [0.5, 0.6) is 0 Å². The van der Waals surface area contributed by atoms with E-state index in [1.165, 1.54) is 0 Å². The van der Waals surface area contributed by atoms with Gasteiger partial charge in [-0.2, -0.15) is 0 Å². The van der Waals surface area contributed by atoms with E-state index in [0.717, 1.165) is 16.0 Å². The fourth-order valence-corrected chi connectivity index (χ4v) is 2.07. The predicted octanol–water partition coefficient (Wildman–Crippen LogP) is 4.24. The van der Waals surface area contributed by atoms with Gasteiger partial charge < -0.3 is 5.32 Å². The van der Waals surface area contributed by atoms with E-state index in [1.54, 1.807) is 6.20 Å². The summed E-state index contributed by atoms with van der Waals surface area (Å²) in [7, 11) is 0. The molecule has 0 aliphatic rings. The third-order valence-corrected chi connectivity index (χ3v) is 2.48. The lowest BCUT2D eigenvalue weighted by Gasteiger charge is -2.05. The van der Waals surface area contributed by atoms with Crippen LogP contribution in [-0.2, 0) is 0 Å². The third kappa shape index (κ3) is 2.94. The molecule has 0 saturated carbocycles. The summed E-state index contributed by atoms with van der Waals surface area (Å²) < 4.78 is 0.938. The minimum atomic E-state index is 0.683. The van der Waals surface area contributed by atoms with Crippen LogP contribution in [0.1, 0.15) is 0 Å².